The van der Waals surface area contributed by atoms with E-state index in [0.29, 0.717) is 0 Å². The summed E-state index contributed by atoms with van der Waals surface area (Å²) >= 11 is 15.8. The van der Waals surface area contributed by atoms with E-state index in [1.165, 1.54) is 0 Å². The molecule has 7 heavy (non-hydrogen) atoms. The lowest BCUT2D eigenvalue weighted by molar-refractivity contribution is 1.10. The second-order valence-electron chi connectivity index (χ2n) is 1.29. The van der Waals surface area contributed by atoms with Crippen molar-refractivity contribution >= 4 is 39.0 Å². The van der Waals surface area contributed by atoms with E-state index in [0.717, 1.165) is 12.6 Å². The molecule has 0 fully saturated rings. The fourth-order valence-electron chi connectivity index (χ4n) is 0.260. The molecule has 0 aromatic rings. The summed E-state index contributed by atoms with van der Waals surface area (Å²) in [6.07, 6.45) is 1.79. The highest BCUT2D eigenvalue weighted by atomic mass is 35.9. The fourth-order valence-corrected chi connectivity index (χ4v) is 2.34. The van der Waals surface area contributed by atoms with Gasteiger partial charge in [-0.05, 0) is 6.42 Å². The highest BCUT2D eigenvalue weighted by Gasteiger charge is 2.03. The molecule has 0 rings (SSSR count). The lowest BCUT2D eigenvalue weighted by Crippen LogP contribution is -1.69. The molecule has 0 saturated heterocycles. The van der Waals surface area contributed by atoms with Crippen molar-refractivity contribution in [3.8, 4) is 0 Å². The number of halogens is 2. The summed E-state index contributed by atoms with van der Waals surface area (Å²) in [5.74, 6) is 0. The lowest BCUT2D eigenvalue weighted by atomic mass is 10.6. The molecule has 0 aliphatic rings. The molecule has 0 nitrogen and oxygen atoms in total. The van der Waals surface area contributed by atoms with E-state index in [-0.39, 0.29) is 0 Å². The van der Waals surface area contributed by atoms with Crippen molar-refractivity contribution in [3.63, 3.8) is 0 Å². The molecule has 0 atom stereocenters. The molecule has 4 heteroatoms. The molecule has 0 aromatic carbocycles. The van der Waals surface area contributed by atoms with Gasteiger partial charge in [-0.1, -0.05) is 41.2 Å². The fraction of sp³-hybridized carbons (Fsp3) is 1.00. The van der Waals surface area contributed by atoms with Crippen LogP contribution in [0.1, 0.15) is 13.3 Å². The highest BCUT2D eigenvalue weighted by molar-refractivity contribution is 8.39. The summed E-state index contributed by atoms with van der Waals surface area (Å²) in [5, 5.41) is 0. The quantitative estimate of drug-likeness (QED) is 0.583. The van der Waals surface area contributed by atoms with Gasteiger partial charge in [0.15, 0.2) is 0 Å². The average Bonchev–Trinajstić information content (AvgIpc) is 1.30. The second-order valence-corrected chi connectivity index (χ2v) is 9.94. The van der Waals surface area contributed by atoms with Crippen LogP contribution in [0.2, 0.25) is 0 Å². The Kier molecular flexibility index (Phi) is 3.87. The summed E-state index contributed by atoms with van der Waals surface area (Å²) in [6.45, 7) is 2.02. The SMILES string of the molecule is CCCP(=S)(Cl)Cl. The Hall–Kier alpha value is 1.23. The van der Waals surface area contributed by atoms with Gasteiger partial charge in [0.1, 0.15) is 4.74 Å². The predicted molar refractivity (Wildman–Crippen MR) is 41.1 cm³/mol. The molecule has 0 N–H and O–H groups in total. The molecule has 0 amide bonds. The average molecular weight is 177 g/mol. The van der Waals surface area contributed by atoms with Gasteiger partial charge in [-0.3, -0.25) is 0 Å². The summed E-state index contributed by atoms with van der Waals surface area (Å²) in [7, 11) is 0. The predicted octanol–water partition coefficient (Wildman–Crippen LogP) is 3.18. The van der Waals surface area contributed by atoms with Gasteiger partial charge in [0.25, 0.3) is 0 Å². The van der Waals surface area contributed by atoms with Crippen LogP contribution in [-0.2, 0) is 11.8 Å². The minimum Gasteiger partial charge on any atom is -0.0684 e. The van der Waals surface area contributed by atoms with Crippen LogP contribution in [-0.4, -0.2) is 6.16 Å². The van der Waals surface area contributed by atoms with Crippen LogP contribution in [0.25, 0.3) is 0 Å². The van der Waals surface area contributed by atoms with Crippen LogP contribution in [0.3, 0.4) is 0 Å². The van der Waals surface area contributed by atoms with Crippen molar-refractivity contribution < 1.29 is 0 Å². The molecule has 0 heterocycles. The minimum atomic E-state index is -1.89. The van der Waals surface area contributed by atoms with Gasteiger partial charge < -0.3 is 0 Å². The Morgan fingerprint density at radius 2 is 2.00 bits per heavy atom. The van der Waals surface area contributed by atoms with E-state index in [1.807, 2.05) is 6.92 Å². The first-order valence-corrected chi connectivity index (χ1v) is 6.84. The number of hydrogen-bond acceptors (Lipinski definition) is 1. The van der Waals surface area contributed by atoms with Crippen LogP contribution < -0.4 is 0 Å². The molecule has 0 aromatic heterocycles. The zero-order chi connectivity index (χ0) is 5.91. The maximum Gasteiger partial charge on any atom is 0.120 e. The van der Waals surface area contributed by atoms with Crippen LogP contribution in [0.4, 0.5) is 0 Å². The largest absolute Gasteiger partial charge is 0.120 e. The lowest BCUT2D eigenvalue weighted by Gasteiger charge is -1.98. The van der Waals surface area contributed by atoms with Gasteiger partial charge in [0.2, 0.25) is 0 Å². The van der Waals surface area contributed by atoms with Crippen molar-refractivity contribution in [1.29, 1.82) is 0 Å². The molecular weight excluding hydrogens is 170 g/mol. The molecule has 0 aliphatic heterocycles. The van der Waals surface area contributed by atoms with E-state index >= 15 is 0 Å². The van der Waals surface area contributed by atoms with Gasteiger partial charge in [-0.15, -0.1) is 0 Å². The van der Waals surface area contributed by atoms with E-state index in [9.17, 15) is 0 Å². The van der Waals surface area contributed by atoms with Gasteiger partial charge in [-0.25, -0.2) is 0 Å². The van der Waals surface area contributed by atoms with Gasteiger partial charge in [-0.2, -0.15) is 0 Å². The highest BCUT2D eigenvalue weighted by Crippen LogP contribution is 2.57. The zero-order valence-corrected chi connectivity index (χ0v) is 7.25. The first-order valence-electron chi connectivity index (χ1n) is 2.04. The first-order chi connectivity index (χ1) is 3.06. The van der Waals surface area contributed by atoms with Crippen molar-refractivity contribution in [2.75, 3.05) is 6.16 Å². The molecule has 0 aliphatic carbocycles. The number of rotatable bonds is 2. The standard InChI is InChI=1S/C3H7Cl2PS/c1-2-3-6(4,5)7/h2-3H2,1H3. The monoisotopic (exact) mass is 176 g/mol. The van der Waals surface area contributed by atoms with Crippen molar-refractivity contribution in [2.45, 2.75) is 13.3 Å². The van der Waals surface area contributed by atoms with E-state index in [4.69, 9.17) is 34.3 Å². The topological polar surface area (TPSA) is 0 Å². The molecule has 0 spiro atoms. The maximum absolute atomic E-state index is 5.52. The maximum atomic E-state index is 5.52. The Balaban J connectivity index is 3.36. The zero-order valence-electron chi connectivity index (χ0n) is 4.03. The first kappa shape index (κ1) is 8.23. The van der Waals surface area contributed by atoms with Crippen molar-refractivity contribution in [1.82, 2.24) is 0 Å². The van der Waals surface area contributed by atoms with Crippen LogP contribution in [0, 0.1) is 0 Å². The molecule has 0 unspecified atom stereocenters. The Morgan fingerprint density at radius 3 is 2.00 bits per heavy atom. The van der Waals surface area contributed by atoms with Crippen LogP contribution >= 0.6 is 27.2 Å². The van der Waals surface area contributed by atoms with Crippen molar-refractivity contribution in [2.24, 2.45) is 0 Å². The molecule has 0 saturated carbocycles. The third kappa shape index (κ3) is 7.23. The molecule has 0 radical (unpaired) electrons. The summed E-state index contributed by atoms with van der Waals surface area (Å²) in [6, 6.07) is 0. The van der Waals surface area contributed by atoms with Crippen LogP contribution in [0.5, 0.6) is 0 Å². The Morgan fingerprint density at radius 1 is 1.57 bits per heavy atom. The molecular formula is C3H7Cl2PS. The normalized spacial score (nSPS) is 11.9. The van der Waals surface area contributed by atoms with Crippen molar-refractivity contribution in [3.05, 3.63) is 0 Å². The molecule has 44 valence electrons. The Labute approximate surface area is 58.8 Å². The second kappa shape index (κ2) is 3.29. The summed E-state index contributed by atoms with van der Waals surface area (Å²) in [5.41, 5.74) is 0. The van der Waals surface area contributed by atoms with E-state index < -0.39 is 4.74 Å². The summed E-state index contributed by atoms with van der Waals surface area (Å²) in [4.78, 5) is 0. The summed E-state index contributed by atoms with van der Waals surface area (Å²) < 4.78 is -1.89. The molecule has 0 bridgehead atoms. The smallest absolute Gasteiger partial charge is 0.0684 e. The van der Waals surface area contributed by atoms with Gasteiger partial charge >= 0.3 is 0 Å². The third-order valence-electron chi connectivity index (χ3n) is 0.484. The van der Waals surface area contributed by atoms with Gasteiger partial charge in [0.05, 0.1) is 0 Å². The van der Waals surface area contributed by atoms with E-state index in [1.54, 1.807) is 0 Å². The van der Waals surface area contributed by atoms with Crippen LogP contribution in [0.15, 0.2) is 0 Å². The van der Waals surface area contributed by atoms with Gasteiger partial charge in [0, 0.05) is 6.16 Å². The Bertz CT molecular complexity index is 86.9. The van der Waals surface area contributed by atoms with E-state index in [2.05, 4.69) is 0 Å². The number of hydrogen-bond donors (Lipinski definition) is 0. The third-order valence-corrected chi connectivity index (χ3v) is 3.01. The minimum absolute atomic E-state index is 0.797.